The van der Waals surface area contributed by atoms with Crippen LogP contribution < -0.4 is 20.5 Å². The molecular formula is C11H17N3O3S. The third kappa shape index (κ3) is 2.74. The minimum Gasteiger partial charge on any atom is -0.487 e. The van der Waals surface area contributed by atoms with Crippen molar-refractivity contribution in [3.8, 4) is 5.75 Å². The van der Waals surface area contributed by atoms with Gasteiger partial charge in [-0.15, -0.1) is 0 Å². The number of hydrogen-bond acceptors (Lipinski definition) is 5. The third-order valence-electron chi connectivity index (χ3n) is 2.61. The van der Waals surface area contributed by atoms with E-state index in [0.717, 1.165) is 0 Å². The van der Waals surface area contributed by atoms with Gasteiger partial charge in [-0.3, -0.25) is 0 Å². The summed E-state index contributed by atoms with van der Waals surface area (Å²) in [6, 6.07) is 4.76. The summed E-state index contributed by atoms with van der Waals surface area (Å²) in [6.07, 6.45) is 0.0790. The van der Waals surface area contributed by atoms with Crippen LogP contribution in [0.4, 0.5) is 5.69 Å². The first-order chi connectivity index (χ1) is 8.53. The number of ether oxygens (including phenoxy) is 1. The van der Waals surface area contributed by atoms with E-state index >= 15 is 0 Å². The van der Waals surface area contributed by atoms with E-state index in [-0.39, 0.29) is 24.1 Å². The van der Waals surface area contributed by atoms with Crippen molar-refractivity contribution in [3.05, 3.63) is 18.2 Å². The normalized spacial score (nSPS) is 18.7. The summed E-state index contributed by atoms with van der Waals surface area (Å²) in [7, 11) is -3.49. The lowest BCUT2D eigenvalue weighted by molar-refractivity contribution is 0.226. The maximum absolute atomic E-state index is 11.9. The van der Waals surface area contributed by atoms with Crippen LogP contribution in [0.3, 0.4) is 0 Å². The maximum Gasteiger partial charge on any atom is 0.240 e. The summed E-state index contributed by atoms with van der Waals surface area (Å²) in [4.78, 5) is 0.209. The summed E-state index contributed by atoms with van der Waals surface area (Å²) in [5, 5.41) is 3.14. The molecule has 0 aliphatic carbocycles. The second kappa shape index (κ2) is 5.13. The zero-order valence-electron chi connectivity index (χ0n) is 10.1. The number of rotatable bonds is 4. The monoisotopic (exact) mass is 271 g/mol. The lowest BCUT2D eigenvalue weighted by atomic mass is 10.2. The van der Waals surface area contributed by atoms with E-state index in [4.69, 9.17) is 10.5 Å². The summed E-state index contributed by atoms with van der Waals surface area (Å²) in [5.41, 5.74) is 5.98. The Labute approximate surface area is 107 Å². The summed E-state index contributed by atoms with van der Waals surface area (Å²) in [6.45, 7) is 3.10. The third-order valence-corrected chi connectivity index (χ3v) is 4.06. The highest BCUT2D eigenvalue weighted by atomic mass is 32.2. The first-order valence-electron chi connectivity index (χ1n) is 5.77. The number of fused-ring (bicyclic) bond motifs is 1. The maximum atomic E-state index is 11.9. The molecule has 0 spiro atoms. The molecule has 1 aliphatic heterocycles. The standard InChI is InChI=1S/C11H17N3O3S/c1-8-7-13-10-6-9(2-3-11(10)17-8)18(15,16)14-5-4-12/h2-3,6,8,13-14H,4-5,7,12H2,1H3. The van der Waals surface area contributed by atoms with Crippen LogP contribution in [0.5, 0.6) is 5.75 Å². The Morgan fingerprint density at radius 3 is 3.06 bits per heavy atom. The molecule has 4 N–H and O–H groups in total. The highest BCUT2D eigenvalue weighted by Gasteiger charge is 2.19. The molecular weight excluding hydrogens is 254 g/mol. The van der Waals surface area contributed by atoms with Gasteiger partial charge in [-0.1, -0.05) is 0 Å². The molecule has 0 fully saturated rings. The van der Waals surface area contributed by atoms with E-state index in [1.807, 2.05) is 6.92 Å². The molecule has 1 heterocycles. The largest absolute Gasteiger partial charge is 0.487 e. The number of anilines is 1. The number of nitrogens with one attached hydrogen (secondary N) is 2. The average molecular weight is 271 g/mol. The molecule has 1 aliphatic rings. The highest BCUT2D eigenvalue weighted by molar-refractivity contribution is 7.89. The van der Waals surface area contributed by atoms with Gasteiger partial charge in [0, 0.05) is 13.1 Å². The molecule has 1 atom stereocenters. The van der Waals surface area contributed by atoms with Crippen LogP contribution >= 0.6 is 0 Å². The van der Waals surface area contributed by atoms with Crippen molar-refractivity contribution < 1.29 is 13.2 Å². The van der Waals surface area contributed by atoms with Gasteiger partial charge in [-0.05, 0) is 25.1 Å². The van der Waals surface area contributed by atoms with Crippen molar-refractivity contribution in [1.82, 2.24) is 4.72 Å². The minimum absolute atomic E-state index is 0.0790. The molecule has 1 aromatic carbocycles. The first kappa shape index (κ1) is 13.1. The zero-order valence-corrected chi connectivity index (χ0v) is 11.0. The van der Waals surface area contributed by atoms with Crippen molar-refractivity contribution in [3.63, 3.8) is 0 Å². The second-order valence-electron chi connectivity index (χ2n) is 4.15. The lowest BCUT2D eigenvalue weighted by Gasteiger charge is -2.25. The van der Waals surface area contributed by atoms with Crippen LogP contribution in [0.25, 0.3) is 0 Å². The van der Waals surface area contributed by atoms with Gasteiger partial charge in [0.25, 0.3) is 0 Å². The van der Waals surface area contributed by atoms with Crippen molar-refractivity contribution in [2.75, 3.05) is 25.0 Å². The summed E-state index contributed by atoms with van der Waals surface area (Å²) in [5.74, 6) is 0.673. The SMILES string of the molecule is CC1CNc2cc(S(=O)(=O)NCCN)ccc2O1. The van der Waals surface area contributed by atoms with Crippen molar-refractivity contribution in [1.29, 1.82) is 0 Å². The van der Waals surface area contributed by atoms with Crippen LogP contribution in [0, 0.1) is 0 Å². The highest BCUT2D eigenvalue weighted by Crippen LogP contribution is 2.31. The molecule has 0 saturated carbocycles. The minimum atomic E-state index is -3.49. The smallest absolute Gasteiger partial charge is 0.240 e. The predicted octanol–water partition coefficient (Wildman–Crippen LogP) is 0.116. The van der Waals surface area contributed by atoms with Gasteiger partial charge < -0.3 is 15.8 Å². The molecule has 7 heteroatoms. The number of nitrogens with two attached hydrogens (primary N) is 1. The molecule has 0 aromatic heterocycles. The molecule has 1 unspecified atom stereocenters. The molecule has 18 heavy (non-hydrogen) atoms. The number of benzene rings is 1. The molecule has 100 valence electrons. The molecule has 0 bridgehead atoms. The van der Waals surface area contributed by atoms with Gasteiger partial charge >= 0.3 is 0 Å². The Bertz CT molecular complexity index is 530. The first-order valence-corrected chi connectivity index (χ1v) is 7.25. The fraction of sp³-hybridized carbons (Fsp3) is 0.455. The summed E-state index contributed by atoms with van der Waals surface area (Å²) < 4.78 is 31.8. The van der Waals surface area contributed by atoms with Gasteiger partial charge in [0.15, 0.2) is 0 Å². The molecule has 2 rings (SSSR count). The van der Waals surface area contributed by atoms with Gasteiger partial charge in [-0.25, -0.2) is 13.1 Å². The van der Waals surface area contributed by atoms with Crippen molar-refractivity contribution in [2.45, 2.75) is 17.9 Å². The van der Waals surface area contributed by atoms with E-state index in [1.165, 1.54) is 6.07 Å². The lowest BCUT2D eigenvalue weighted by Crippen LogP contribution is -2.30. The topological polar surface area (TPSA) is 93.5 Å². The fourth-order valence-electron chi connectivity index (χ4n) is 1.71. The zero-order chi connectivity index (χ0) is 13.2. The van der Waals surface area contributed by atoms with Crippen LogP contribution in [-0.2, 0) is 10.0 Å². The Hall–Kier alpha value is -1.31. The van der Waals surface area contributed by atoms with E-state index in [0.29, 0.717) is 18.0 Å². The van der Waals surface area contributed by atoms with E-state index in [2.05, 4.69) is 10.0 Å². The Balaban J connectivity index is 2.26. The van der Waals surface area contributed by atoms with Gasteiger partial charge in [0.1, 0.15) is 11.9 Å². The van der Waals surface area contributed by atoms with E-state index < -0.39 is 10.0 Å². The van der Waals surface area contributed by atoms with Gasteiger partial charge in [0.2, 0.25) is 10.0 Å². The Kier molecular flexibility index (Phi) is 3.74. The molecule has 6 nitrogen and oxygen atoms in total. The number of hydrogen-bond donors (Lipinski definition) is 3. The van der Waals surface area contributed by atoms with Crippen LogP contribution in [-0.4, -0.2) is 34.2 Å². The molecule has 0 amide bonds. The second-order valence-corrected chi connectivity index (χ2v) is 5.92. The average Bonchev–Trinajstić information content (AvgIpc) is 2.35. The Morgan fingerprint density at radius 1 is 1.56 bits per heavy atom. The van der Waals surface area contributed by atoms with Crippen LogP contribution in [0.15, 0.2) is 23.1 Å². The van der Waals surface area contributed by atoms with Gasteiger partial charge in [-0.2, -0.15) is 0 Å². The van der Waals surface area contributed by atoms with Crippen LogP contribution in [0.1, 0.15) is 6.92 Å². The van der Waals surface area contributed by atoms with Crippen molar-refractivity contribution >= 4 is 15.7 Å². The van der Waals surface area contributed by atoms with Gasteiger partial charge in [0.05, 0.1) is 17.1 Å². The predicted molar refractivity (Wildman–Crippen MR) is 69.3 cm³/mol. The molecule has 0 saturated heterocycles. The summed E-state index contributed by atoms with van der Waals surface area (Å²) >= 11 is 0. The Morgan fingerprint density at radius 2 is 2.33 bits per heavy atom. The van der Waals surface area contributed by atoms with Crippen molar-refractivity contribution in [2.24, 2.45) is 5.73 Å². The van der Waals surface area contributed by atoms with Crippen LogP contribution in [0.2, 0.25) is 0 Å². The molecule has 1 aromatic rings. The quantitative estimate of drug-likeness (QED) is 0.723. The fourth-order valence-corrected chi connectivity index (χ4v) is 2.78. The molecule has 0 radical (unpaired) electrons. The van der Waals surface area contributed by atoms with E-state index in [1.54, 1.807) is 12.1 Å². The number of sulfonamides is 1. The van der Waals surface area contributed by atoms with E-state index in [9.17, 15) is 8.42 Å².